The van der Waals surface area contributed by atoms with Gasteiger partial charge in [-0.25, -0.2) is 0 Å². The molecule has 0 aliphatic carbocycles. The minimum absolute atomic E-state index is 0.697. The van der Waals surface area contributed by atoms with E-state index in [2.05, 4.69) is 24.3 Å². The third kappa shape index (κ3) is 2.16. The smallest absolute Gasteiger partial charge is 0.0998 e. The predicted octanol–water partition coefficient (Wildman–Crippen LogP) is 6.19. The average molecular weight is 314 g/mol. The quantitative estimate of drug-likeness (QED) is 0.411. The summed E-state index contributed by atoms with van der Waals surface area (Å²) in [6.07, 6.45) is 0. The van der Waals surface area contributed by atoms with Crippen LogP contribution in [-0.4, -0.2) is 0 Å². The van der Waals surface area contributed by atoms with Crippen molar-refractivity contribution in [2.24, 2.45) is 0 Å². The van der Waals surface area contributed by atoms with Crippen molar-refractivity contribution in [1.82, 2.24) is 0 Å². The van der Waals surface area contributed by atoms with Gasteiger partial charge in [0.05, 0.1) is 11.6 Å². The zero-order valence-electron chi connectivity index (χ0n) is 12.3. The Kier molecular flexibility index (Phi) is 3.26. The summed E-state index contributed by atoms with van der Waals surface area (Å²) < 4.78 is 0. The Bertz CT molecular complexity index is 1090. The van der Waals surface area contributed by atoms with Crippen molar-refractivity contribution >= 4 is 33.1 Å². The van der Waals surface area contributed by atoms with Crippen LogP contribution in [0.15, 0.2) is 72.8 Å². The van der Waals surface area contributed by atoms with E-state index in [1.54, 1.807) is 0 Å². The maximum Gasteiger partial charge on any atom is 0.0998 e. The summed E-state index contributed by atoms with van der Waals surface area (Å²) in [7, 11) is 0. The van der Waals surface area contributed by atoms with Crippen LogP contribution in [0.25, 0.3) is 32.7 Å². The molecule has 23 heavy (non-hydrogen) atoms. The van der Waals surface area contributed by atoms with Gasteiger partial charge in [-0.1, -0.05) is 72.3 Å². The third-order valence-electron chi connectivity index (χ3n) is 4.21. The van der Waals surface area contributed by atoms with E-state index in [1.807, 2.05) is 54.6 Å². The van der Waals surface area contributed by atoms with Crippen molar-refractivity contribution < 1.29 is 0 Å². The molecule has 0 saturated heterocycles. The van der Waals surface area contributed by atoms with Crippen molar-refractivity contribution in [3.63, 3.8) is 0 Å². The molecule has 4 rings (SSSR count). The summed E-state index contributed by atoms with van der Waals surface area (Å²) in [4.78, 5) is 0. The standard InChI is InChI=1S/C21H12ClN/c22-21-12-11-19(17-7-3-4-8-20(17)21)18-10-9-14(13-23)15-5-1-2-6-16(15)18/h1-12H. The Hall–Kier alpha value is -2.82. The van der Waals surface area contributed by atoms with Gasteiger partial charge in [0.25, 0.3) is 0 Å². The fourth-order valence-electron chi connectivity index (χ4n) is 3.13. The average Bonchev–Trinajstić information content (AvgIpc) is 2.62. The second-order valence-electron chi connectivity index (χ2n) is 5.46. The van der Waals surface area contributed by atoms with Gasteiger partial charge in [0.15, 0.2) is 0 Å². The number of hydrogen-bond donors (Lipinski definition) is 0. The van der Waals surface area contributed by atoms with Gasteiger partial charge in [-0.15, -0.1) is 0 Å². The van der Waals surface area contributed by atoms with E-state index < -0.39 is 0 Å². The summed E-state index contributed by atoms with van der Waals surface area (Å²) in [5.74, 6) is 0. The molecule has 0 amide bonds. The van der Waals surface area contributed by atoms with Gasteiger partial charge < -0.3 is 0 Å². The molecule has 108 valence electrons. The van der Waals surface area contributed by atoms with Gasteiger partial charge in [0, 0.05) is 15.8 Å². The largest absolute Gasteiger partial charge is 0.192 e. The molecule has 0 bridgehead atoms. The zero-order chi connectivity index (χ0) is 15.8. The minimum Gasteiger partial charge on any atom is -0.192 e. The van der Waals surface area contributed by atoms with Gasteiger partial charge >= 0.3 is 0 Å². The number of fused-ring (bicyclic) bond motifs is 2. The molecule has 0 aliphatic rings. The highest BCUT2D eigenvalue weighted by Gasteiger charge is 2.11. The van der Waals surface area contributed by atoms with Crippen LogP contribution in [0.5, 0.6) is 0 Å². The lowest BCUT2D eigenvalue weighted by molar-refractivity contribution is 1.50. The lowest BCUT2D eigenvalue weighted by atomic mass is 9.92. The normalized spacial score (nSPS) is 10.8. The number of halogens is 1. The van der Waals surface area contributed by atoms with E-state index in [0.717, 1.165) is 37.7 Å². The highest BCUT2D eigenvalue weighted by Crippen LogP contribution is 2.37. The maximum absolute atomic E-state index is 9.34. The van der Waals surface area contributed by atoms with Crippen molar-refractivity contribution in [2.75, 3.05) is 0 Å². The van der Waals surface area contributed by atoms with Crippen LogP contribution >= 0.6 is 11.6 Å². The molecule has 4 aromatic rings. The topological polar surface area (TPSA) is 23.8 Å². The number of nitrogens with zero attached hydrogens (tertiary/aromatic N) is 1. The molecule has 0 unspecified atom stereocenters. The molecule has 4 aromatic carbocycles. The molecule has 0 N–H and O–H groups in total. The minimum atomic E-state index is 0.697. The molecular formula is C21H12ClN. The van der Waals surface area contributed by atoms with E-state index in [9.17, 15) is 5.26 Å². The molecule has 0 aliphatic heterocycles. The van der Waals surface area contributed by atoms with Gasteiger partial charge in [0.2, 0.25) is 0 Å². The van der Waals surface area contributed by atoms with Crippen LogP contribution < -0.4 is 0 Å². The first kappa shape index (κ1) is 13.8. The van der Waals surface area contributed by atoms with E-state index in [1.165, 1.54) is 0 Å². The first-order chi connectivity index (χ1) is 11.3. The first-order valence-corrected chi connectivity index (χ1v) is 7.77. The van der Waals surface area contributed by atoms with E-state index in [-0.39, 0.29) is 0 Å². The number of benzene rings is 4. The third-order valence-corrected chi connectivity index (χ3v) is 4.54. The van der Waals surface area contributed by atoms with Crippen molar-refractivity contribution in [3.05, 3.63) is 83.4 Å². The summed E-state index contributed by atoms with van der Waals surface area (Å²) in [5, 5.41) is 14.3. The fourth-order valence-corrected chi connectivity index (χ4v) is 3.36. The molecule has 2 heteroatoms. The Labute approximate surface area is 139 Å². The summed E-state index contributed by atoms with van der Waals surface area (Å²) in [6, 6.07) is 26.3. The number of hydrogen-bond acceptors (Lipinski definition) is 1. The maximum atomic E-state index is 9.34. The van der Waals surface area contributed by atoms with Crippen LogP contribution in [-0.2, 0) is 0 Å². The van der Waals surface area contributed by atoms with E-state index >= 15 is 0 Å². The Morgan fingerprint density at radius 1 is 0.609 bits per heavy atom. The van der Waals surface area contributed by atoms with E-state index in [0.29, 0.717) is 5.56 Å². The Balaban J connectivity index is 2.13. The van der Waals surface area contributed by atoms with Crippen molar-refractivity contribution in [3.8, 4) is 17.2 Å². The molecule has 0 aromatic heterocycles. The predicted molar refractivity (Wildman–Crippen MR) is 96.6 cm³/mol. The highest BCUT2D eigenvalue weighted by atomic mass is 35.5. The van der Waals surface area contributed by atoms with Crippen LogP contribution in [0.4, 0.5) is 0 Å². The van der Waals surface area contributed by atoms with Gasteiger partial charge in [-0.3, -0.25) is 0 Å². The van der Waals surface area contributed by atoms with Crippen LogP contribution in [0.2, 0.25) is 5.02 Å². The van der Waals surface area contributed by atoms with Gasteiger partial charge in [0.1, 0.15) is 0 Å². The summed E-state index contributed by atoms with van der Waals surface area (Å²) in [5.41, 5.74) is 2.95. The lowest BCUT2D eigenvalue weighted by Gasteiger charge is -2.12. The summed E-state index contributed by atoms with van der Waals surface area (Å²) >= 11 is 6.34. The molecule has 0 atom stereocenters. The van der Waals surface area contributed by atoms with Crippen molar-refractivity contribution in [1.29, 1.82) is 5.26 Å². The van der Waals surface area contributed by atoms with Crippen LogP contribution in [0.3, 0.4) is 0 Å². The van der Waals surface area contributed by atoms with Crippen molar-refractivity contribution in [2.45, 2.75) is 0 Å². The van der Waals surface area contributed by atoms with Crippen LogP contribution in [0, 0.1) is 11.3 Å². The summed E-state index contributed by atoms with van der Waals surface area (Å²) in [6.45, 7) is 0. The highest BCUT2D eigenvalue weighted by molar-refractivity contribution is 6.36. The number of rotatable bonds is 1. The monoisotopic (exact) mass is 313 g/mol. The second kappa shape index (κ2) is 5.43. The molecule has 0 saturated carbocycles. The lowest BCUT2D eigenvalue weighted by Crippen LogP contribution is -1.87. The molecule has 0 spiro atoms. The van der Waals surface area contributed by atoms with E-state index in [4.69, 9.17) is 11.6 Å². The molecular weight excluding hydrogens is 302 g/mol. The van der Waals surface area contributed by atoms with Gasteiger partial charge in [-0.05, 0) is 34.0 Å². The van der Waals surface area contributed by atoms with Crippen LogP contribution in [0.1, 0.15) is 5.56 Å². The fraction of sp³-hybridized carbons (Fsp3) is 0. The molecule has 0 heterocycles. The SMILES string of the molecule is N#Cc1ccc(-c2ccc(Cl)c3ccccc23)c2ccccc12. The second-order valence-corrected chi connectivity index (χ2v) is 5.87. The molecule has 1 nitrogen and oxygen atoms in total. The number of nitriles is 1. The molecule has 0 radical (unpaired) electrons. The Morgan fingerprint density at radius 2 is 1.13 bits per heavy atom. The molecule has 0 fully saturated rings. The zero-order valence-corrected chi connectivity index (χ0v) is 13.0. The Morgan fingerprint density at radius 3 is 1.78 bits per heavy atom. The first-order valence-electron chi connectivity index (χ1n) is 7.39. The van der Waals surface area contributed by atoms with Gasteiger partial charge in [-0.2, -0.15) is 5.26 Å².